The molecule has 422 valence electrons. The molecule has 0 saturated heterocycles. The third-order valence-electron chi connectivity index (χ3n) is 17.2. The van der Waals surface area contributed by atoms with Crippen LogP contribution < -0.4 is 0 Å². The van der Waals surface area contributed by atoms with Gasteiger partial charge in [-0.05, 0) is 225 Å². The molecule has 0 aliphatic rings. The Hall–Kier alpha value is -11.8. The molecular formula is C88H60N2. The van der Waals surface area contributed by atoms with Crippen molar-refractivity contribution in [3.05, 3.63) is 364 Å². The summed E-state index contributed by atoms with van der Waals surface area (Å²) in [6, 6.07) is 128. The topological polar surface area (TPSA) is 25.8 Å². The summed E-state index contributed by atoms with van der Waals surface area (Å²) >= 11 is 0. The Morgan fingerprint density at radius 1 is 0.122 bits per heavy atom. The SMILES string of the molecule is c1ccc(-c2cc(-c3ccccc3)cc(-c3cccc(-c4cc(-c5ccccn5)ccc4-c4ccccc4-c4cccc(-c5ccccc5-c5ccc(-c6ccccn6)cc5-c5cccc(-c6cc(-c7ccccc7)cc(-c7ccccc7)c6)c5)c4)c3)c2)cc1. The van der Waals surface area contributed by atoms with Gasteiger partial charge in [0.2, 0.25) is 0 Å². The van der Waals surface area contributed by atoms with Crippen LogP contribution in [0.2, 0.25) is 0 Å². The monoisotopic (exact) mass is 1140 g/mol. The minimum atomic E-state index is 0.928. The zero-order valence-electron chi connectivity index (χ0n) is 49.5. The normalized spacial score (nSPS) is 11.1. The highest BCUT2D eigenvalue weighted by Crippen LogP contribution is 2.46. The molecule has 0 unspecified atom stereocenters. The van der Waals surface area contributed by atoms with Gasteiger partial charge in [-0.15, -0.1) is 0 Å². The molecule has 15 aromatic rings. The van der Waals surface area contributed by atoms with Gasteiger partial charge in [-0.1, -0.05) is 261 Å². The molecule has 0 spiro atoms. The number of rotatable bonds is 14. The van der Waals surface area contributed by atoms with Gasteiger partial charge in [0.15, 0.2) is 0 Å². The number of aromatic nitrogens is 2. The Balaban J connectivity index is 0.838. The lowest BCUT2D eigenvalue weighted by molar-refractivity contribution is 1.33. The number of pyridine rings is 2. The summed E-state index contributed by atoms with van der Waals surface area (Å²) in [6.45, 7) is 0. The Morgan fingerprint density at radius 2 is 0.367 bits per heavy atom. The van der Waals surface area contributed by atoms with E-state index in [1.54, 1.807) is 0 Å². The third-order valence-corrected chi connectivity index (χ3v) is 17.2. The van der Waals surface area contributed by atoms with E-state index in [0.717, 1.165) is 112 Å². The van der Waals surface area contributed by atoms with E-state index in [0.29, 0.717) is 0 Å². The van der Waals surface area contributed by atoms with Crippen LogP contribution in [0.1, 0.15) is 0 Å². The van der Waals surface area contributed by atoms with Crippen molar-refractivity contribution in [3.8, 4) is 156 Å². The summed E-state index contributed by atoms with van der Waals surface area (Å²) in [5.74, 6) is 0. The fraction of sp³-hybridized carbons (Fsp3) is 0. The molecule has 0 aliphatic heterocycles. The maximum absolute atomic E-state index is 4.84. The van der Waals surface area contributed by atoms with E-state index in [9.17, 15) is 0 Å². The molecule has 13 aromatic carbocycles. The molecule has 0 atom stereocenters. The second-order valence-corrected chi connectivity index (χ2v) is 22.8. The lowest BCUT2D eigenvalue weighted by Crippen LogP contribution is -1.93. The van der Waals surface area contributed by atoms with Crippen molar-refractivity contribution in [1.29, 1.82) is 0 Å². The van der Waals surface area contributed by atoms with Crippen molar-refractivity contribution in [1.82, 2.24) is 9.97 Å². The zero-order chi connectivity index (χ0) is 60.0. The van der Waals surface area contributed by atoms with E-state index < -0.39 is 0 Å². The molecule has 2 aromatic heterocycles. The van der Waals surface area contributed by atoms with Crippen LogP contribution in [0.25, 0.3) is 156 Å². The second kappa shape index (κ2) is 24.9. The van der Waals surface area contributed by atoms with E-state index in [4.69, 9.17) is 9.97 Å². The predicted molar refractivity (Wildman–Crippen MR) is 378 cm³/mol. The van der Waals surface area contributed by atoms with Gasteiger partial charge in [-0.25, -0.2) is 0 Å². The van der Waals surface area contributed by atoms with Crippen molar-refractivity contribution < 1.29 is 0 Å². The molecule has 0 bridgehead atoms. The number of benzene rings is 13. The van der Waals surface area contributed by atoms with Crippen LogP contribution in [-0.2, 0) is 0 Å². The molecule has 0 aliphatic carbocycles. The largest absolute Gasteiger partial charge is 0.256 e. The molecular weight excluding hydrogens is 1080 g/mol. The van der Waals surface area contributed by atoms with Crippen molar-refractivity contribution >= 4 is 0 Å². The Kier molecular flexibility index (Phi) is 15.1. The van der Waals surface area contributed by atoms with Gasteiger partial charge in [0, 0.05) is 23.5 Å². The smallest absolute Gasteiger partial charge is 0.0702 e. The third kappa shape index (κ3) is 11.4. The summed E-state index contributed by atoms with van der Waals surface area (Å²) in [5, 5.41) is 0. The first-order valence-corrected chi connectivity index (χ1v) is 30.7. The molecule has 2 nitrogen and oxygen atoms in total. The molecule has 0 saturated carbocycles. The van der Waals surface area contributed by atoms with Gasteiger partial charge in [0.25, 0.3) is 0 Å². The van der Waals surface area contributed by atoms with E-state index in [-0.39, 0.29) is 0 Å². The first kappa shape index (κ1) is 54.8. The molecule has 2 heterocycles. The van der Waals surface area contributed by atoms with E-state index >= 15 is 0 Å². The van der Waals surface area contributed by atoms with Crippen LogP contribution in [0.4, 0.5) is 0 Å². The molecule has 90 heavy (non-hydrogen) atoms. The van der Waals surface area contributed by atoms with Crippen LogP contribution in [-0.4, -0.2) is 9.97 Å². The van der Waals surface area contributed by atoms with E-state index in [2.05, 4.69) is 340 Å². The average molecular weight is 1150 g/mol. The standard InChI is InChI=1S/C88H60N2/c1-5-24-61(25-6-1)73-53-74(62-26-7-2-8-27-62)56-77(55-73)65-32-21-36-69(50-65)85-59-71(87-42-17-19-48-89-87)44-46-83(85)81-40-15-13-38-79(81)67-34-23-35-68(52-67)80-39-14-16-41-82(80)84-47-45-72(88-43-18-20-49-90-88)60-86(84)70-37-22-33-66(51-70)78-57-75(63-28-9-3-10-29-63)54-76(58-78)64-30-11-4-12-31-64/h1-60H. The molecule has 0 amide bonds. The van der Waals surface area contributed by atoms with Crippen LogP contribution in [0.3, 0.4) is 0 Å². The first-order chi connectivity index (χ1) is 44.6. The molecule has 0 N–H and O–H groups in total. The van der Waals surface area contributed by atoms with Gasteiger partial charge in [0.1, 0.15) is 0 Å². The highest BCUT2D eigenvalue weighted by atomic mass is 14.7. The summed E-state index contributed by atoms with van der Waals surface area (Å²) in [5.41, 5.74) is 31.6. The zero-order valence-corrected chi connectivity index (χ0v) is 49.5. The lowest BCUT2D eigenvalue weighted by atomic mass is 9.85. The maximum Gasteiger partial charge on any atom is 0.0702 e. The predicted octanol–water partition coefficient (Wildman–Crippen LogP) is 23.8. The van der Waals surface area contributed by atoms with Crippen LogP contribution >= 0.6 is 0 Å². The first-order valence-electron chi connectivity index (χ1n) is 30.7. The number of nitrogens with zero attached hydrogens (tertiary/aromatic N) is 2. The fourth-order valence-electron chi connectivity index (χ4n) is 12.7. The highest BCUT2D eigenvalue weighted by Gasteiger charge is 2.20. The number of hydrogen-bond donors (Lipinski definition) is 0. The van der Waals surface area contributed by atoms with Crippen molar-refractivity contribution in [3.63, 3.8) is 0 Å². The fourth-order valence-corrected chi connectivity index (χ4v) is 12.7. The van der Waals surface area contributed by atoms with Crippen LogP contribution in [0.15, 0.2) is 364 Å². The van der Waals surface area contributed by atoms with Gasteiger partial charge in [0.05, 0.1) is 11.4 Å². The van der Waals surface area contributed by atoms with Crippen molar-refractivity contribution in [2.45, 2.75) is 0 Å². The summed E-state index contributed by atoms with van der Waals surface area (Å²) in [6.07, 6.45) is 3.75. The number of hydrogen-bond acceptors (Lipinski definition) is 2. The van der Waals surface area contributed by atoms with Crippen molar-refractivity contribution in [2.24, 2.45) is 0 Å². The van der Waals surface area contributed by atoms with Gasteiger partial charge >= 0.3 is 0 Å². The van der Waals surface area contributed by atoms with Crippen LogP contribution in [0.5, 0.6) is 0 Å². The van der Waals surface area contributed by atoms with Gasteiger partial charge in [-0.3, -0.25) is 9.97 Å². The lowest BCUT2D eigenvalue weighted by Gasteiger charge is -2.19. The Labute approximate surface area is 527 Å². The molecule has 0 fully saturated rings. The second-order valence-electron chi connectivity index (χ2n) is 22.8. The Bertz CT molecular complexity index is 4590. The minimum absolute atomic E-state index is 0.928. The van der Waals surface area contributed by atoms with E-state index in [1.807, 2.05) is 24.5 Å². The maximum atomic E-state index is 4.84. The molecule has 2 heteroatoms. The van der Waals surface area contributed by atoms with Gasteiger partial charge in [-0.2, -0.15) is 0 Å². The Morgan fingerprint density at radius 3 is 0.700 bits per heavy atom. The summed E-state index contributed by atoms with van der Waals surface area (Å²) in [4.78, 5) is 9.68. The summed E-state index contributed by atoms with van der Waals surface area (Å²) < 4.78 is 0. The average Bonchev–Trinajstić information content (AvgIpc) is 3.57. The highest BCUT2D eigenvalue weighted by molar-refractivity contribution is 5.98. The molecule has 15 rings (SSSR count). The van der Waals surface area contributed by atoms with Crippen molar-refractivity contribution in [2.75, 3.05) is 0 Å². The van der Waals surface area contributed by atoms with Gasteiger partial charge < -0.3 is 0 Å². The minimum Gasteiger partial charge on any atom is -0.256 e. The van der Waals surface area contributed by atoms with E-state index in [1.165, 1.54) is 44.5 Å². The van der Waals surface area contributed by atoms with Crippen LogP contribution in [0, 0.1) is 0 Å². The quantitative estimate of drug-likeness (QED) is 0.108. The summed E-state index contributed by atoms with van der Waals surface area (Å²) in [7, 11) is 0. The molecule has 0 radical (unpaired) electrons.